The second-order valence-corrected chi connectivity index (χ2v) is 8.38. The Bertz CT molecular complexity index is 673. The molecule has 9 nitrogen and oxygen atoms in total. The first-order valence-corrected chi connectivity index (χ1v) is 10.4. The maximum absolute atomic E-state index is 12.1. The average molecular weight is 428 g/mol. The van der Waals surface area contributed by atoms with E-state index in [0.29, 0.717) is 19.3 Å². The van der Waals surface area contributed by atoms with Crippen LogP contribution >= 0.6 is 0 Å². The van der Waals surface area contributed by atoms with Crippen LogP contribution < -0.4 is 0 Å². The first-order chi connectivity index (χ1) is 14.3. The van der Waals surface area contributed by atoms with Crippen LogP contribution in [0.15, 0.2) is 23.3 Å². The summed E-state index contributed by atoms with van der Waals surface area (Å²) in [6.07, 6.45) is -2.44. The van der Waals surface area contributed by atoms with E-state index in [9.17, 15) is 30.3 Å². The van der Waals surface area contributed by atoms with E-state index in [2.05, 4.69) is 0 Å². The van der Waals surface area contributed by atoms with Crippen molar-refractivity contribution in [1.29, 1.82) is 0 Å². The smallest absolute Gasteiger partial charge is 0.309 e. The van der Waals surface area contributed by atoms with Crippen molar-refractivity contribution in [2.45, 2.75) is 76.0 Å². The van der Waals surface area contributed by atoms with Gasteiger partial charge in [-0.3, -0.25) is 4.79 Å². The molecule has 170 valence electrons. The lowest BCUT2D eigenvalue weighted by molar-refractivity contribution is -0.308. The minimum Gasteiger partial charge on any atom is -0.458 e. The van der Waals surface area contributed by atoms with Gasteiger partial charge in [0.1, 0.15) is 30.5 Å². The Morgan fingerprint density at radius 1 is 1.17 bits per heavy atom. The van der Waals surface area contributed by atoms with Gasteiger partial charge >= 0.3 is 5.97 Å². The second kappa shape index (κ2) is 9.86. The highest BCUT2D eigenvalue weighted by atomic mass is 16.7. The van der Waals surface area contributed by atoms with Gasteiger partial charge in [-0.05, 0) is 43.4 Å². The lowest BCUT2D eigenvalue weighted by Crippen LogP contribution is -2.59. The van der Waals surface area contributed by atoms with Gasteiger partial charge in [-0.1, -0.05) is 13.0 Å². The molecule has 0 aromatic carbocycles. The van der Waals surface area contributed by atoms with E-state index in [1.54, 1.807) is 0 Å². The Kier molecular flexibility index (Phi) is 7.67. The number of hydrogen-bond acceptors (Lipinski definition) is 9. The molecule has 0 amide bonds. The summed E-state index contributed by atoms with van der Waals surface area (Å²) in [5.41, 5.74) is 1.57. The van der Waals surface area contributed by atoms with Crippen LogP contribution in [0.4, 0.5) is 0 Å². The lowest BCUT2D eigenvalue weighted by Gasteiger charge is -2.41. The molecule has 3 aliphatic rings. The Labute approximate surface area is 175 Å². The quantitative estimate of drug-likeness (QED) is 0.293. The molecule has 9 unspecified atom stereocenters. The molecule has 2 heterocycles. The van der Waals surface area contributed by atoms with Gasteiger partial charge in [-0.2, -0.15) is 0 Å². The SMILES string of the molecule is CC1=CC2OC(=O)C(C)C2CCC(CO)=CCC1OC1OC(CO)C(O)C(O)C1O. The molecule has 2 fully saturated rings. The molecule has 0 saturated carbocycles. The van der Waals surface area contributed by atoms with Crippen molar-refractivity contribution in [1.82, 2.24) is 0 Å². The van der Waals surface area contributed by atoms with E-state index in [-0.39, 0.29) is 24.4 Å². The largest absolute Gasteiger partial charge is 0.458 e. The first kappa shape index (κ1) is 23.3. The van der Waals surface area contributed by atoms with Gasteiger partial charge in [-0.25, -0.2) is 0 Å². The molecule has 9 heteroatoms. The summed E-state index contributed by atoms with van der Waals surface area (Å²) in [6.45, 7) is 3.00. The fraction of sp³-hybridized carbons (Fsp3) is 0.762. The van der Waals surface area contributed by atoms with Gasteiger partial charge in [-0.15, -0.1) is 0 Å². The number of aliphatic hydroxyl groups is 5. The van der Waals surface area contributed by atoms with Gasteiger partial charge in [0.15, 0.2) is 6.29 Å². The normalized spacial score (nSPS) is 42.8. The molecule has 5 N–H and O–H groups in total. The van der Waals surface area contributed by atoms with E-state index in [4.69, 9.17) is 14.2 Å². The summed E-state index contributed by atoms with van der Waals surface area (Å²) in [5, 5.41) is 49.4. The fourth-order valence-electron chi connectivity index (χ4n) is 4.29. The highest BCUT2D eigenvalue weighted by Gasteiger charge is 2.45. The fourth-order valence-corrected chi connectivity index (χ4v) is 4.29. The van der Waals surface area contributed by atoms with Gasteiger partial charge in [0.25, 0.3) is 0 Å². The Morgan fingerprint density at radius 2 is 1.90 bits per heavy atom. The van der Waals surface area contributed by atoms with E-state index < -0.39 is 49.5 Å². The molecule has 3 rings (SSSR count). The Hall–Kier alpha value is -1.33. The lowest BCUT2D eigenvalue weighted by atomic mass is 9.84. The molecule has 2 saturated heterocycles. The van der Waals surface area contributed by atoms with Crippen LogP contribution in [0.25, 0.3) is 0 Å². The van der Waals surface area contributed by atoms with Crippen LogP contribution in [0.2, 0.25) is 0 Å². The maximum Gasteiger partial charge on any atom is 0.309 e. The van der Waals surface area contributed by atoms with E-state index in [0.717, 1.165) is 11.1 Å². The standard InChI is InChI=1S/C21H32O9/c1-10-7-15-13(11(2)20(27)28-15)5-3-12(8-22)4-6-14(10)29-21-19(26)18(25)17(24)16(9-23)30-21/h4,7,11,13-19,21-26H,3,5-6,8-9H2,1-2H3. The molecule has 9 atom stereocenters. The van der Waals surface area contributed by atoms with Crippen molar-refractivity contribution in [2.75, 3.05) is 13.2 Å². The molecular weight excluding hydrogens is 396 g/mol. The summed E-state index contributed by atoms with van der Waals surface area (Å²) >= 11 is 0. The topological polar surface area (TPSA) is 146 Å². The third kappa shape index (κ3) is 4.77. The number of carbonyl (C=O) groups excluding carboxylic acids is 1. The Morgan fingerprint density at radius 3 is 2.57 bits per heavy atom. The van der Waals surface area contributed by atoms with Crippen LogP contribution in [0.5, 0.6) is 0 Å². The van der Waals surface area contributed by atoms with Crippen LogP contribution in [0.1, 0.15) is 33.1 Å². The van der Waals surface area contributed by atoms with Crippen LogP contribution in [0.3, 0.4) is 0 Å². The predicted octanol–water partition coefficient (Wildman–Crippen LogP) is -0.602. The summed E-state index contributed by atoms with van der Waals surface area (Å²) in [7, 11) is 0. The summed E-state index contributed by atoms with van der Waals surface area (Å²) < 4.78 is 16.9. The van der Waals surface area contributed by atoms with Gasteiger partial charge in [0.05, 0.1) is 25.2 Å². The number of aliphatic hydroxyl groups excluding tert-OH is 5. The van der Waals surface area contributed by atoms with Crippen LogP contribution in [-0.4, -0.2) is 87.6 Å². The van der Waals surface area contributed by atoms with Crippen molar-refractivity contribution in [3.63, 3.8) is 0 Å². The molecule has 0 radical (unpaired) electrons. The molecule has 30 heavy (non-hydrogen) atoms. The van der Waals surface area contributed by atoms with E-state index in [1.165, 1.54) is 0 Å². The van der Waals surface area contributed by atoms with Gasteiger partial charge in [0, 0.05) is 5.92 Å². The summed E-state index contributed by atoms with van der Waals surface area (Å²) in [6, 6.07) is 0. The molecule has 0 bridgehead atoms. The number of ether oxygens (including phenoxy) is 3. The highest BCUT2D eigenvalue weighted by molar-refractivity contribution is 5.75. The van der Waals surface area contributed by atoms with Gasteiger partial charge in [0.2, 0.25) is 0 Å². The van der Waals surface area contributed by atoms with Crippen molar-refractivity contribution < 1.29 is 44.5 Å². The van der Waals surface area contributed by atoms with Crippen molar-refractivity contribution in [2.24, 2.45) is 11.8 Å². The maximum atomic E-state index is 12.1. The number of rotatable bonds is 4. The monoisotopic (exact) mass is 428 g/mol. The molecular formula is C21H32O9. The number of esters is 1. The Balaban J connectivity index is 1.84. The predicted molar refractivity (Wildman–Crippen MR) is 104 cm³/mol. The first-order valence-electron chi connectivity index (χ1n) is 10.4. The number of carbonyl (C=O) groups is 1. The third-order valence-electron chi connectivity index (χ3n) is 6.39. The van der Waals surface area contributed by atoms with Crippen molar-refractivity contribution in [3.05, 3.63) is 23.3 Å². The van der Waals surface area contributed by atoms with Crippen molar-refractivity contribution >= 4 is 5.97 Å². The van der Waals surface area contributed by atoms with Gasteiger partial charge < -0.3 is 39.7 Å². The van der Waals surface area contributed by atoms with E-state index >= 15 is 0 Å². The summed E-state index contributed by atoms with van der Waals surface area (Å²) in [5.74, 6) is -0.522. The van der Waals surface area contributed by atoms with Crippen LogP contribution in [-0.2, 0) is 19.0 Å². The third-order valence-corrected chi connectivity index (χ3v) is 6.39. The molecule has 2 aliphatic heterocycles. The number of hydrogen-bond donors (Lipinski definition) is 5. The minimum absolute atomic E-state index is 0.0200. The second-order valence-electron chi connectivity index (χ2n) is 8.38. The van der Waals surface area contributed by atoms with Crippen molar-refractivity contribution in [3.8, 4) is 0 Å². The highest BCUT2D eigenvalue weighted by Crippen LogP contribution is 2.36. The minimum atomic E-state index is -1.53. The zero-order valence-corrected chi connectivity index (χ0v) is 17.3. The average Bonchev–Trinajstić information content (AvgIpc) is 2.99. The molecule has 0 aromatic heterocycles. The van der Waals surface area contributed by atoms with E-state index in [1.807, 2.05) is 26.0 Å². The van der Waals surface area contributed by atoms with Crippen LogP contribution in [0, 0.1) is 11.8 Å². The summed E-state index contributed by atoms with van der Waals surface area (Å²) in [4.78, 5) is 12.1. The molecule has 0 aromatic rings. The number of fused-ring (bicyclic) bond motifs is 1. The zero-order chi connectivity index (χ0) is 22.0. The molecule has 0 spiro atoms. The molecule has 1 aliphatic carbocycles. The zero-order valence-electron chi connectivity index (χ0n) is 17.3.